The second-order valence-electron chi connectivity index (χ2n) is 4.05. The zero-order valence-electron chi connectivity index (χ0n) is 10.3. The minimum Gasteiger partial charge on any atom is -0.384 e. The van der Waals surface area contributed by atoms with E-state index in [0.29, 0.717) is 5.56 Å². The molecule has 19 heavy (non-hydrogen) atoms. The molecular weight excluding hydrogens is 264 g/mol. The number of hydrogen-bond donors (Lipinski definition) is 2. The zero-order valence-corrected chi connectivity index (χ0v) is 11.1. The Bertz CT molecular complexity index is 568. The molecule has 0 aromatic carbocycles. The van der Waals surface area contributed by atoms with E-state index >= 15 is 0 Å². The molecular formula is C13H13ClN4O. The highest BCUT2D eigenvalue weighted by Gasteiger charge is 2.13. The van der Waals surface area contributed by atoms with Gasteiger partial charge in [-0.15, -0.1) is 0 Å². The highest BCUT2D eigenvalue weighted by atomic mass is 35.5. The van der Waals surface area contributed by atoms with Gasteiger partial charge in [-0.25, -0.2) is 4.98 Å². The Kier molecular flexibility index (Phi) is 3.97. The van der Waals surface area contributed by atoms with Crippen LogP contribution in [0.3, 0.4) is 0 Å². The molecule has 1 atom stereocenters. The molecule has 0 aliphatic heterocycles. The van der Waals surface area contributed by atoms with Crippen LogP contribution in [0.15, 0.2) is 36.5 Å². The number of carbonyl (C=O) groups excluding carboxylic acids is 1. The Morgan fingerprint density at radius 1 is 1.42 bits per heavy atom. The van der Waals surface area contributed by atoms with Gasteiger partial charge in [0.1, 0.15) is 11.0 Å². The number of aromatic nitrogens is 2. The molecule has 0 radical (unpaired) electrons. The van der Waals surface area contributed by atoms with Crippen LogP contribution in [0.4, 0.5) is 5.82 Å². The van der Waals surface area contributed by atoms with Crippen LogP contribution in [-0.2, 0) is 0 Å². The molecule has 0 spiro atoms. The van der Waals surface area contributed by atoms with E-state index in [2.05, 4.69) is 15.3 Å². The number of nitrogens with two attached hydrogens (primary N) is 1. The molecule has 98 valence electrons. The first-order valence-electron chi connectivity index (χ1n) is 5.71. The van der Waals surface area contributed by atoms with Gasteiger partial charge in [0.2, 0.25) is 0 Å². The summed E-state index contributed by atoms with van der Waals surface area (Å²) < 4.78 is 0. The molecule has 0 fully saturated rings. The summed E-state index contributed by atoms with van der Waals surface area (Å²) in [5, 5.41) is 3.01. The molecule has 5 nitrogen and oxygen atoms in total. The van der Waals surface area contributed by atoms with Crippen molar-refractivity contribution in [3.8, 4) is 0 Å². The third-order valence-corrected chi connectivity index (χ3v) is 2.75. The van der Waals surface area contributed by atoms with Crippen LogP contribution in [0.25, 0.3) is 0 Å². The third-order valence-electron chi connectivity index (χ3n) is 2.56. The summed E-state index contributed by atoms with van der Waals surface area (Å²) in [4.78, 5) is 20.0. The largest absolute Gasteiger partial charge is 0.384 e. The van der Waals surface area contributed by atoms with Crippen molar-refractivity contribution in [1.82, 2.24) is 15.3 Å². The van der Waals surface area contributed by atoms with Crippen molar-refractivity contribution in [2.45, 2.75) is 13.0 Å². The average molecular weight is 277 g/mol. The van der Waals surface area contributed by atoms with E-state index in [0.717, 1.165) is 5.69 Å². The van der Waals surface area contributed by atoms with Gasteiger partial charge in [-0.1, -0.05) is 17.7 Å². The smallest absolute Gasteiger partial charge is 0.252 e. The molecule has 3 N–H and O–H groups in total. The number of nitrogens with zero attached hydrogens (tertiary/aromatic N) is 2. The number of anilines is 1. The van der Waals surface area contributed by atoms with Crippen molar-refractivity contribution in [1.29, 1.82) is 0 Å². The summed E-state index contributed by atoms with van der Waals surface area (Å²) in [5.41, 5.74) is 6.71. The minimum atomic E-state index is -0.269. The molecule has 2 aromatic rings. The van der Waals surface area contributed by atoms with Crippen molar-refractivity contribution >= 4 is 23.3 Å². The molecule has 0 aliphatic carbocycles. The highest BCUT2D eigenvalue weighted by molar-refractivity contribution is 6.29. The van der Waals surface area contributed by atoms with E-state index < -0.39 is 0 Å². The van der Waals surface area contributed by atoms with Crippen molar-refractivity contribution in [3.05, 3.63) is 52.9 Å². The fraction of sp³-hybridized carbons (Fsp3) is 0.154. The first-order chi connectivity index (χ1) is 9.06. The average Bonchev–Trinajstić information content (AvgIpc) is 2.38. The van der Waals surface area contributed by atoms with Gasteiger partial charge in [0, 0.05) is 11.8 Å². The van der Waals surface area contributed by atoms with E-state index in [1.54, 1.807) is 6.20 Å². The first kappa shape index (κ1) is 13.3. The number of rotatable bonds is 3. The van der Waals surface area contributed by atoms with Crippen molar-refractivity contribution in [2.24, 2.45) is 0 Å². The number of halogens is 1. The Morgan fingerprint density at radius 2 is 2.21 bits per heavy atom. The Labute approximate surface area is 115 Å². The van der Waals surface area contributed by atoms with Crippen LogP contribution >= 0.6 is 11.6 Å². The number of hydrogen-bond acceptors (Lipinski definition) is 4. The third kappa shape index (κ3) is 3.42. The molecule has 6 heteroatoms. The number of nitrogens with one attached hydrogen (secondary N) is 1. The second kappa shape index (κ2) is 5.67. The molecule has 0 aliphatic rings. The molecule has 2 rings (SSSR count). The van der Waals surface area contributed by atoms with Crippen molar-refractivity contribution < 1.29 is 4.79 Å². The van der Waals surface area contributed by atoms with Gasteiger partial charge in [-0.3, -0.25) is 9.78 Å². The van der Waals surface area contributed by atoms with Gasteiger partial charge in [0.15, 0.2) is 0 Å². The topological polar surface area (TPSA) is 80.9 Å². The maximum Gasteiger partial charge on any atom is 0.252 e. The van der Waals surface area contributed by atoms with Crippen LogP contribution in [0.5, 0.6) is 0 Å². The van der Waals surface area contributed by atoms with Crippen LogP contribution in [0, 0.1) is 0 Å². The summed E-state index contributed by atoms with van der Waals surface area (Å²) in [5.74, 6) is -0.0581. The maximum absolute atomic E-state index is 12.1. The second-order valence-corrected chi connectivity index (χ2v) is 4.44. The SMILES string of the molecule is CC(NC(=O)c1cc(N)nc(Cl)c1)c1ccccn1. The summed E-state index contributed by atoms with van der Waals surface area (Å²) in [6.45, 7) is 1.85. The molecule has 0 saturated heterocycles. The van der Waals surface area contributed by atoms with Crippen molar-refractivity contribution in [3.63, 3.8) is 0 Å². The summed E-state index contributed by atoms with van der Waals surface area (Å²) in [6.07, 6.45) is 1.68. The molecule has 2 heterocycles. The Morgan fingerprint density at radius 3 is 2.84 bits per heavy atom. The van der Waals surface area contributed by atoms with E-state index in [9.17, 15) is 4.79 Å². The zero-order chi connectivity index (χ0) is 13.8. The molecule has 0 saturated carbocycles. The fourth-order valence-electron chi connectivity index (χ4n) is 1.63. The quantitative estimate of drug-likeness (QED) is 0.842. The lowest BCUT2D eigenvalue weighted by atomic mass is 10.2. The first-order valence-corrected chi connectivity index (χ1v) is 6.09. The predicted molar refractivity (Wildman–Crippen MR) is 73.8 cm³/mol. The highest BCUT2D eigenvalue weighted by Crippen LogP contribution is 2.14. The Hall–Kier alpha value is -2.14. The van der Waals surface area contributed by atoms with Gasteiger partial charge in [-0.05, 0) is 31.2 Å². The summed E-state index contributed by atoms with van der Waals surface area (Å²) in [6, 6.07) is 8.28. The van der Waals surface area contributed by atoms with Gasteiger partial charge in [-0.2, -0.15) is 0 Å². The van der Waals surface area contributed by atoms with Crippen LogP contribution in [0.2, 0.25) is 5.15 Å². The number of amides is 1. The van der Waals surface area contributed by atoms with E-state index in [1.807, 2.05) is 25.1 Å². The fourth-order valence-corrected chi connectivity index (χ4v) is 1.85. The van der Waals surface area contributed by atoms with Gasteiger partial charge < -0.3 is 11.1 Å². The molecule has 2 aromatic heterocycles. The lowest BCUT2D eigenvalue weighted by molar-refractivity contribution is 0.0939. The van der Waals surface area contributed by atoms with Crippen LogP contribution in [-0.4, -0.2) is 15.9 Å². The molecule has 0 bridgehead atoms. The lowest BCUT2D eigenvalue weighted by Crippen LogP contribution is -2.27. The minimum absolute atomic E-state index is 0.190. The van der Waals surface area contributed by atoms with Gasteiger partial charge in [0.25, 0.3) is 5.91 Å². The van der Waals surface area contributed by atoms with E-state index in [4.69, 9.17) is 17.3 Å². The maximum atomic E-state index is 12.1. The number of nitrogen functional groups attached to an aromatic ring is 1. The van der Waals surface area contributed by atoms with Crippen LogP contribution in [0.1, 0.15) is 29.0 Å². The molecule has 1 unspecified atom stereocenters. The standard InChI is InChI=1S/C13H13ClN4O/c1-8(10-4-2-3-5-16-10)17-13(19)9-6-11(14)18-12(15)7-9/h2-8H,1H3,(H2,15,18)(H,17,19). The Balaban J connectivity index is 2.13. The van der Waals surface area contributed by atoms with Gasteiger partial charge >= 0.3 is 0 Å². The normalized spacial score (nSPS) is 11.9. The van der Waals surface area contributed by atoms with E-state index in [1.165, 1.54) is 12.1 Å². The number of carbonyl (C=O) groups is 1. The predicted octanol–water partition coefficient (Wildman–Crippen LogP) is 2.20. The summed E-state index contributed by atoms with van der Waals surface area (Å²) in [7, 11) is 0. The number of pyridine rings is 2. The van der Waals surface area contributed by atoms with E-state index in [-0.39, 0.29) is 22.9 Å². The van der Waals surface area contributed by atoms with Gasteiger partial charge in [0.05, 0.1) is 11.7 Å². The monoisotopic (exact) mass is 276 g/mol. The van der Waals surface area contributed by atoms with Crippen LogP contribution < -0.4 is 11.1 Å². The summed E-state index contributed by atoms with van der Waals surface area (Å²) >= 11 is 5.76. The molecule has 1 amide bonds. The van der Waals surface area contributed by atoms with Crippen molar-refractivity contribution in [2.75, 3.05) is 5.73 Å². The lowest BCUT2D eigenvalue weighted by Gasteiger charge is -2.13.